The normalized spacial score (nSPS) is 14.6. The molecule has 1 fully saturated rings. The second kappa shape index (κ2) is 9.77. The van der Waals surface area contributed by atoms with Crippen molar-refractivity contribution < 1.29 is 23.7 Å². The molecule has 0 radical (unpaired) electrons. The molecule has 1 aliphatic heterocycles. The zero-order valence-corrected chi connectivity index (χ0v) is 20.1. The van der Waals surface area contributed by atoms with E-state index in [1.54, 1.807) is 6.07 Å². The quantitative estimate of drug-likeness (QED) is 0.252. The Morgan fingerprint density at radius 2 is 1.94 bits per heavy atom. The second-order valence-corrected chi connectivity index (χ2v) is 9.18. The van der Waals surface area contributed by atoms with E-state index in [-0.39, 0.29) is 32.7 Å². The van der Waals surface area contributed by atoms with Crippen molar-refractivity contribution in [1.29, 1.82) is 0 Å². The van der Waals surface area contributed by atoms with E-state index in [2.05, 4.69) is 5.32 Å². The van der Waals surface area contributed by atoms with E-state index in [1.807, 2.05) is 26.0 Å². The highest BCUT2D eigenvalue weighted by Crippen LogP contribution is 2.36. The topological polar surface area (TPSA) is 123 Å². The van der Waals surface area contributed by atoms with Gasteiger partial charge in [0.1, 0.15) is 18.1 Å². The molecule has 35 heavy (non-hydrogen) atoms. The number of benzene rings is 2. The average Bonchev–Trinajstić information content (AvgIpc) is 3.36. The fourth-order valence-corrected chi connectivity index (χ4v) is 4.48. The van der Waals surface area contributed by atoms with Crippen LogP contribution in [0.15, 0.2) is 57.9 Å². The molecule has 1 aliphatic rings. The molecule has 9 nitrogen and oxygen atoms in total. The molecule has 11 heteroatoms. The summed E-state index contributed by atoms with van der Waals surface area (Å²) in [6, 6.07) is 12.7. The molecule has 2 aromatic carbocycles. The van der Waals surface area contributed by atoms with Gasteiger partial charge in [0.05, 0.1) is 15.4 Å². The lowest BCUT2D eigenvalue weighted by Crippen LogP contribution is -2.36. The Labute approximate surface area is 208 Å². The first-order valence-electron chi connectivity index (χ1n) is 10.3. The summed E-state index contributed by atoms with van der Waals surface area (Å²) in [4.78, 5) is 49.3. The van der Waals surface area contributed by atoms with Gasteiger partial charge in [0, 0.05) is 22.9 Å². The Morgan fingerprint density at radius 3 is 2.66 bits per heavy atom. The van der Waals surface area contributed by atoms with E-state index < -0.39 is 28.5 Å². The first kappa shape index (κ1) is 24.2. The molecule has 0 spiro atoms. The van der Waals surface area contributed by atoms with Crippen molar-refractivity contribution in [1.82, 2.24) is 4.90 Å². The third-order valence-corrected chi connectivity index (χ3v) is 6.30. The number of carbonyl (C=O) groups excluding carboxylic acids is 3. The number of hydrogen-bond acceptors (Lipinski definition) is 7. The molecule has 0 unspecified atom stereocenters. The molecule has 1 N–H and O–H groups in total. The van der Waals surface area contributed by atoms with Crippen LogP contribution in [0.25, 0.3) is 17.4 Å². The number of nitro benzene ring substituents is 1. The lowest BCUT2D eigenvalue weighted by Gasteiger charge is -2.13. The van der Waals surface area contributed by atoms with Gasteiger partial charge in [-0.05, 0) is 61.5 Å². The summed E-state index contributed by atoms with van der Waals surface area (Å²) >= 11 is 6.53. The van der Waals surface area contributed by atoms with Crippen LogP contribution in [0.3, 0.4) is 0 Å². The summed E-state index contributed by atoms with van der Waals surface area (Å²) in [6.07, 6.45) is 1.36. The molecule has 0 bridgehead atoms. The standard InChI is InChI=1S/C24H18ClN3O6S/c1-13-3-7-18(14(2)9-13)26-22(29)12-27-23(30)21(35-24(27)31)11-16-5-8-20(34-16)17-6-4-15(25)10-19(17)28(32)33/h3-11H,12H2,1-2H3,(H,26,29)/b21-11+. The number of aryl methyl sites for hydroxylation is 2. The number of halogens is 1. The van der Waals surface area contributed by atoms with Gasteiger partial charge in [0.15, 0.2) is 0 Å². The van der Waals surface area contributed by atoms with E-state index in [1.165, 1.54) is 36.4 Å². The van der Waals surface area contributed by atoms with Gasteiger partial charge in [-0.25, -0.2) is 0 Å². The van der Waals surface area contributed by atoms with Crippen LogP contribution >= 0.6 is 23.4 Å². The smallest absolute Gasteiger partial charge is 0.294 e. The molecule has 0 saturated carbocycles. The van der Waals surface area contributed by atoms with E-state index in [0.29, 0.717) is 17.4 Å². The largest absolute Gasteiger partial charge is 0.456 e. The van der Waals surface area contributed by atoms with Gasteiger partial charge in [-0.15, -0.1) is 0 Å². The molecule has 4 rings (SSSR count). The Balaban J connectivity index is 1.49. The number of thioether (sulfide) groups is 1. The van der Waals surface area contributed by atoms with Crippen LogP contribution in [0.1, 0.15) is 16.9 Å². The van der Waals surface area contributed by atoms with Crippen molar-refractivity contribution in [3.8, 4) is 11.3 Å². The number of carbonyl (C=O) groups is 3. The number of nitrogens with zero attached hydrogens (tertiary/aromatic N) is 2. The van der Waals surface area contributed by atoms with Gasteiger partial charge in [0.25, 0.3) is 16.8 Å². The van der Waals surface area contributed by atoms with Crippen LogP contribution in [0.5, 0.6) is 0 Å². The van der Waals surface area contributed by atoms with Gasteiger partial charge in [-0.3, -0.25) is 29.4 Å². The van der Waals surface area contributed by atoms with Crippen molar-refractivity contribution >= 4 is 57.9 Å². The lowest BCUT2D eigenvalue weighted by molar-refractivity contribution is -0.384. The Kier molecular flexibility index (Phi) is 6.77. The van der Waals surface area contributed by atoms with Gasteiger partial charge in [-0.1, -0.05) is 29.3 Å². The van der Waals surface area contributed by atoms with Crippen molar-refractivity contribution in [2.24, 2.45) is 0 Å². The lowest BCUT2D eigenvalue weighted by atomic mass is 10.1. The first-order valence-corrected chi connectivity index (χ1v) is 11.5. The molecule has 0 atom stereocenters. The number of rotatable bonds is 6. The summed E-state index contributed by atoms with van der Waals surface area (Å²) < 4.78 is 5.67. The maximum absolute atomic E-state index is 12.8. The van der Waals surface area contributed by atoms with E-state index >= 15 is 0 Å². The second-order valence-electron chi connectivity index (χ2n) is 7.76. The molecule has 3 aromatic rings. The Morgan fingerprint density at radius 1 is 1.17 bits per heavy atom. The van der Waals surface area contributed by atoms with E-state index in [0.717, 1.165) is 16.0 Å². The zero-order chi connectivity index (χ0) is 25.3. The predicted molar refractivity (Wildman–Crippen MR) is 133 cm³/mol. The molecule has 2 heterocycles. The number of imide groups is 1. The van der Waals surface area contributed by atoms with Crippen molar-refractivity contribution in [2.45, 2.75) is 13.8 Å². The Bertz CT molecular complexity index is 1410. The molecule has 0 aliphatic carbocycles. The van der Waals surface area contributed by atoms with Gasteiger partial charge < -0.3 is 9.73 Å². The van der Waals surface area contributed by atoms with Crippen LogP contribution in [-0.4, -0.2) is 33.4 Å². The van der Waals surface area contributed by atoms with Crippen LogP contribution < -0.4 is 5.32 Å². The van der Waals surface area contributed by atoms with Gasteiger partial charge in [-0.2, -0.15) is 0 Å². The minimum absolute atomic E-state index is 0.0702. The van der Waals surface area contributed by atoms with Crippen LogP contribution in [0.4, 0.5) is 16.2 Å². The summed E-state index contributed by atoms with van der Waals surface area (Å²) in [6.45, 7) is 3.35. The number of nitrogens with one attached hydrogen (secondary N) is 1. The summed E-state index contributed by atoms with van der Waals surface area (Å²) in [7, 11) is 0. The number of amides is 3. The summed E-state index contributed by atoms with van der Waals surface area (Å²) in [5, 5.41) is 13.7. The molecular weight excluding hydrogens is 494 g/mol. The fourth-order valence-electron chi connectivity index (χ4n) is 3.49. The van der Waals surface area contributed by atoms with Crippen molar-refractivity contribution in [3.05, 3.63) is 85.5 Å². The highest BCUT2D eigenvalue weighted by molar-refractivity contribution is 8.18. The monoisotopic (exact) mass is 511 g/mol. The third kappa shape index (κ3) is 5.28. The number of anilines is 1. The SMILES string of the molecule is Cc1ccc(NC(=O)CN2C(=O)S/C(=C/c3ccc(-c4ccc(Cl)cc4[N+](=O)[O-])o3)C2=O)c(C)c1. The summed E-state index contributed by atoms with van der Waals surface area (Å²) in [5.41, 5.74) is 2.50. The molecule has 1 saturated heterocycles. The average molecular weight is 512 g/mol. The molecular formula is C24H18ClN3O6S. The van der Waals surface area contributed by atoms with Crippen LogP contribution in [-0.2, 0) is 9.59 Å². The van der Waals surface area contributed by atoms with Crippen LogP contribution in [0.2, 0.25) is 5.02 Å². The Hall–Kier alpha value is -3.89. The van der Waals surface area contributed by atoms with Crippen LogP contribution in [0, 0.1) is 24.0 Å². The maximum atomic E-state index is 12.8. The minimum atomic E-state index is -0.633. The maximum Gasteiger partial charge on any atom is 0.294 e. The highest BCUT2D eigenvalue weighted by Gasteiger charge is 2.36. The zero-order valence-electron chi connectivity index (χ0n) is 18.5. The van der Waals surface area contributed by atoms with Gasteiger partial charge in [0.2, 0.25) is 5.91 Å². The molecule has 178 valence electrons. The van der Waals surface area contributed by atoms with Crippen molar-refractivity contribution in [3.63, 3.8) is 0 Å². The van der Waals surface area contributed by atoms with Gasteiger partial charge >= 0.3 is 0 Å². The third-order valence-electron chi connectivity index (χ3n) is 5.15. The molecule has 3 amide bonds. The van der Waals surface area contributed by atoms with E-state index in [4.69, 9.17) is 16.0 Å². The summed E-state index contributed by atoms with van der Waals surface area (Å²) in [5.74, 6) is -0.719. The highest BCUT2D eigenvalue weighted by atomic mass is 35.5. The van der Waals surface area contributed by atoms with E-state index in [9.17, 15) is 24.5 Å². The number of hydrogen-bond donors (Lipinski definition) is 1. The molecule has 1 aromatic heterocycles. The van der Waals surface area contributed by atoms with Crippen molar-refractivity contribution in [2.75, 3.05) is 11.9 Å². The predicted octanol–water partition coefficient (Wildman–Crippen LogP) is 5.80. The number of furan rings is 1. The fraction of sp³-hybridized carbons (Fsp3) is 0.125. The minimum Gasteiger partial charge on any atom is -0.456 e. The first-order chi connectivity index (χ1) is 16.6. The number of nitro groups is 1.